The van der Waals surface area contributed by atoms with Gasteiger partial charge in [0.25, 0.3) is 5.91 Å². The van der Waals surface area contributed by atoms with E-state index in [9.17, 15) is 4.79 Å². The van der Waals surface area contributed by atoms with Gasteiger partial charge in [-0.25, -0.2) is 0 Å². The van der Waals surface area contributed by atoms with Gasteiger partial charge in [0.1, 0.15) is 11.5 Å². The van der Waals surface area contributed by atoms with E-state index in [0.29, 0.717) is 22.7 Å². The fourth-order valence-electron chi connectivity index (χ4n) is 1.95. The Morgan fingerprint density at radius 2 is 1.48 bits per heavy atom. The van der Waals surface area contributed by atoms with E-state index in [1.54, 1.807) is 60.9 Å². The second kappa shape index (κ2) is 7.07. The molecule has 4 nitrogen and oxygen atoms in total. The third kappa shape index (κ3) is 4.17. The summed E-state index contributed by atoms with van der Waals surface area (Å²) in [6.07, 6.45) is 3.34. The number of amides is 1. The van der Waals surface area contributed by atoms with Crippen molar-refractivity contribution < 1.29 is 9.53 Å². The van der Waals surface area contributed by atoms with E-state index in [1.165, 1.54) is 0 Å². The Morgan fingerprint density at radius 1 is 0.870 bits per heavy atom. The molecule has 23 heavy (non-hydrogen) atoms. The largest absolute Gasteiger partial charge is 0.457 e. The Morgan fingerprint density at radius 3 is 2.13 bits per heavy atom. The van der Waals surface area contributed by atoms with Gasteiger partial charge in [-0.1, -0.05) is 15.9 Å². The van der Waals surface area contributed by atoms with E-state index in [2.05, 4.69) is 26.2 Å². The van der Waals surface area contributed by atoms with E-state index in [-0.39, 0.29) is 5.91 Å². The van der Waals surface area contributed by atoms with Gasteiger partial charge in [0.05, 0.1) is 0 Å². The molecule has 0 saturated heterocycles. The Hall–Kier alpha value is -2.66. The molecule has 3 rings (SSSR count). The molecule has 0 atom stereocenters. The number of anilines is 1. The molecule has 1 aromatic heterocycles. The van der Waals surface area contributed by atoms with Crippen molar-refractivity contribution in [3.63, 3.8) is 0 Å². The van der Waals surface area contributed by atoms with Crippen LogP contribution in [0.2, 0.25) is 0 Å². The number of nitrogens with one attached hydrogen (secondary N) is 1. The molecule has 5 heteroatoms. The summed E-state index contributed by atoms with van der Waals surface area (Å²) in [6, 6.07) is 18.0. The number of hydrogen-bond donors (Lipinski definition) is 1. The second-order valence-corrected chi connectivity index (χ2v) is 5.69. The highest BCUT2D eigenvalue weighted by Gasteiger charge is 2.06. The lowest BCUT2D eigenvalue weighted by Crippen LogP contribution is -2.11. The summed E-state index contributed by atoms with van der Waals surface area (Å²) < 4.78 is 6.61. The molecule has 1 N–H and O–H groups in total. The van der Waals surface area contributed by atoms with Gasteiger partial charge >= 0.3 is 0 Å². The first kappa shape index (κ1) is 15.2. The van der Waals surface area contributed by atoms with Crippen LogP contribution in [-0.4, -0.2) is 10.9 Å². The van der Waals surface area contributed by atoms with Crippen LogP contribution in [0.25, 0.3) is 0 Å². The number of nitrogens with zero attached hydrogens (tertiary/aromatic N) is 1. The Kier molecular flexibility index (Phi) is 4.68. The number of carbonyl (C=O) groups is 1. The summed E-state index contributed by atoms with van der Waals surface area (Å²) in [5.41, 5.74) is 1.31. The Balaban J connectivity index is 1.65. The maximum absolute atomic E-state index is 12.1. The first-order valence-corrected chi connectivity index (χ1v) is 7.75. The van der Waals surface area contributed by atoms with E-state index in [0.717, 1.165) is 4.47 Å². The van der Waals surface area contributed by atoms with Gasteiger partial charge in [-0.3, -0.25) is 9.78 Å². The molecule has 3 aromatic rings. The maximum atomic E-state index is 12.1. The van der Waals surface area contributed by atoms with Crippen molar-refractivity contribution in [3.8, 4) is 11.5 Å². The van der Waals surface area contributed by atoms with Gasteiger partial charge in [0.2, 0.25) is 0 Å². The molecule has 0 spiro atoms. The lowest BCUT2D eigenvalue weighted by molar-refractivity contribution is 0.102. The smallest absolute Gasteiger partial charge is 0.255 e. The molecule has 0 radical (unpaired) electrons. The van der Waals surface area contributed by atoms with Crippen molar-refractivity contribution in [2.45, 2.75) is 0 Å². The average molecular weight is 369 g/mol. The third-order valence-corrected chi connectivity index (χ3v) is 3.63. The standard InChI is InChI=1S/C18H13BrN2O2/c19-14-3-1-13(2-4-14)18(22)21-15-5-7-16(8-6-15)23-17-9-11-20-12-10-17/h1-12H,(H,21,22). The normalized spacial score (nSPS) is 10.1. The van der Waals surface area contributed by atoms with E-state index in [4.69, 9.17) is 4.74 Å². The van der Waals surface area contributed by atoms with Crippen LogP contribution in [0.3, 0.4) is 0 Å². The van der Waals surface area contributed by atoms with Crippen LogP contribution in [0, 0.1) is 0 Å². The molecule has 1 amide bonds. The summed E-state index contributed by atoms with van der Waals surface area (Å²) in [7, 11) is 0. The first-order valence-electron chi connectivity index (χ1n) is 6.95. The number of hydrogen-bond acceptors (Lipinski definition) is 3. The number of aromatic nitrogens is 1. The minimum Gasteiger partial charge on any atom is -0.457 e. The van der Waals surface area contributed by atoms with Gasteiger partial charge in [-0.05, 0) is 60.7 Å². The van der Waals surface area contributed by atoms with Crippen LogP contribution in [0.5, 0.6) is 11.5 Å². The molecule has 0 saturated carbocycles. The third-order valence-electron chi connectivity index (χ3n) is 3.10. The van der Waals surface area contributed by atoms with Crippen molar-refractivity contribution in [2.75, 3.05) is 5.32 Å². The molecule has 0 aliphatic rings. The highest BCUT2D eigenvalue weighted by atomic mass is 79.9. The zero-order valence-electron chi connectivity index (χ0n) is 12.1. The van der Waals surface area contributed by atoms with Crippen LogP contribution in [0.1, 0.15) is 10.4 Å². The summed E-state index contributed by atoms with van der Waals surface area (Å²) in [5.74, 6) is 1.25. The molecule has 2 aromatic carbocycles. The van der Waals surface area contributed by atoms with Crippen molar-refractivity contribution >= 4 is 27.5 Å². The lowest BCUT2D eigenvalue weighted by Gasteiger charge is -2.08. The summed E-state index contributed by atoms with van der Waals surface area (Å²) >= 11 is 3.35. The van der Waals surface area contributed by atoms with E-state index in [1.807, 2.05) is 12.1 Å². The Labute approximate surface area is 142 Å². The lowest BCUT2D eigenvalue weighted by atomic mass is 10.2. The topological polar surface area (TPSA) is 51.2 Å². The number of pyridine rings is 1. The highest BCUT2D eigenvalue weighted by Crippen LogP contribution is 2.22. The number of carbonyl (C=O) groups excluding carboxylic acids is 1. The molecule has 0 unspecified atom stereocenters. The van der Waals surface area contributed by atoms with Crippen LogP contribution in [0.15, 0.2) is 77.5 Å². The zero-order chi connectivity index (χ0) is 16.1. The van der Waals surface area contributed by atoms with E-state index < -0.39 is 0 Å². The number of benzene rings is 2. The monoisotopic (exact) mass is 368 g/mol. The van der Waals surface area contributed by atoms with Crippen LogP contribution >= 0.6 is 15.9 Å². The summed E-state index contributed by atoms with van der Waals surface area (Å²) in [5, 5.41) is 2.85. The fourth-order valence-corrected chi connectivity index (χ4v) is 2.22. The molecule has 0 fully saturated rings. The first-order chi connectivity index (χ1) is 11.2. The minimum absolute atomic E-state index is 0.152. The quantitative estimate of drug-likeness (QED) is 0.713. The molecule has 1 heterocycles. The van der Waals surface area contributed by atoms with Crippen LogP contribution in [0.4, 0.5) is 5.69 Å². The second-order valence-electron chi connectivity index (χ2n) is 4.77. The molecular formula is C18H13BrN2O2. The minimum atomic E-state index is -0.152. The molecule has 114 valence electrons. The number of ether oxygens (including phenoxy) is 1. The van der Waals surface area contributed by atoms with Crippen molar-refractivity contribution in [1.29, 1.82) is 0 Å². The average Bonchev–Trinajstić information content (AvgIpc) is 2.58. The van der Waals surface area contributed by atoms with Gasteiger partial charge in [0.15, 0.2) is 0 Å². The predicted octanol–water partition coefficient (Wildman–Crippen LogP) is 4.89. The fraction of sp³-hybridized carbons (Fsp3) is 0. The Bertz CT molecular complexity index is 788. The van der Waals surface area contributed by atoms with Crippen molar-refractivity contribution in [2.24, 2.45) is 0 Å². The zero-order valence-corrected chi connectivity index (χ0v) is 13.7. The van der Waals surface area contributed by atoms with Gasteiger partial charge in [0, 0.05) is 28.1 Å². The molecule has 0 aliphatic carbocycles. The van der Waals surface area contributed by atoms with Crippen molar-refractivity contribution in [1.82, 2.24) is 4.98 Å². The predicted molar refractivity (Wildman–Crippen MR) is 92.8 cm³/mol. The highest BCUT2D eigenvalue weighted by molar-refractivity contribution is 9.10. The van der Waals surface area contributed by atoms with Crippen molar-refractivity contribution in [3.05, 3.63) is 83.1 Å². The molecule has 0 bridgehead atoms. The van der Waals surface area contributed by atoms with Gasteiger partial charge < -0.3 is 10.1 Å². The summed E-state index contributed by atoms with van der Waals surface area (Å²) in [6.45, 7) is 0. The molecular weight excluding hydrogens is 356 g/mol. The SMILES string of the molecule is O=C(Nc1ccc(Oc2ccncc2)cc1)c1ccc(Br)cc1. The number of halogens is 1. The van der Waals surface area contributed by atoms with Gasteiger partial charge in [-0.2, -0.15) is 0 Å². The maximum Gasteiger partial charge on any atom is 0.255 e. The van der Waals surface area contributed by atoms with E-state index >= 15 is 0 Å². The van der Waals surface area contributed by atoms with Crippen LogP contribution in [-0.2, 0) is 0 Å². The number of rotatable bonds is 4. The van der Waals surface area contributed by atoms with Gasteiger partial charge in [-0.15, -0.1) is 0 Å². The summed E-state index contributed by atoms with van der Waals surface area (Å²) in [4.78, 5) is 16.1. The molecule has 0 aliphatic heterocycles. The van der Waals surface area contributed by atoms with Crippen LogP contribution < -0.4 is 10.1 Å².